The van der Waals surface area contributed by atoms with Gasteiger partial charge in [0.15, 0.2) is 0 Å². The van der Waals surface area contributed by atoms with E-state index in [1.807, 2.05) is 0 Å². The topological polar surface area (TPSA) is 54.5 Å². The molecule has 0 bridgehead atoms. The number of carbonyl (C=O) groups excluding carboxylic acids is 1. The Morgan fingerprint density at radius 3 is 2.70 bits per heavy atom. The molecule has 1 aromatic rings. The summed E-state index contributed by atoms with van der Waals surface area (Å²) >= 11 is 0. The van der Waals surface area contributed by atoms with Crippen LogP contribution in [0.4, 0.5) is 0 Å². The highest BCUT2D eigenvalue weighted by Crippen LogP contribution is 2.20. The Balaban J connectivity index is 1.98. The zero-order valence-electron chi connectivity index (χ0n) is 14.3. The predicted molar refractivity (Wildman–Crippen MR) is 90.2 cm³/mol. The Morgan fingerprint density at radius 1 is 1.43 bits per heavy atom. The first-order valence-electron chi connectivity index (χ1n) is 7.92. The quantitative estimate of drug-likeness (QED) is 0.859. The van der Waals surface area contributed by atoms with Gasteiger partial charge in [0, 0.05) is 43.1 Å². The van der Waals surface area contributed by atoms with Crippen LogP contribution in [0.15, 0.2) is 18.5 Å². The number of terminal acetylenes is 1. The van der Waals surface area contributed by atoms with Crippen LogP contribution in [0.3, 0.4) is 0 Å². The highest BCUT2D eigenvalue weighted by molar-refractivity contribution is 5.94. The molecule has 23 heavy (non-hydrogen) atoms. The predicted octanol–water partition coefficient (Wildman–Crippen LogP) is 1.68. The molecule has 0 unspecified atom stereocenters. The van der Waals surface area contributed by atoms with E-state index in [4.69, 9.17) is 11.2 Å². The van der Waals surface area contributed by atoms with Gasteiger partial charge in [-0.05, 0) is 33.8 Å². The molecule has 0 aliphatic carbocycles. The third-order valence-corrected chi connectivity index (χ3v) is 4.12. The summed E-state index contributed by atoms with van der Waals surface area (Å²) in [6.45, 7) is 10.7. The monoisotopic (exact) mass is 315 g/mol. The number of nitrogens with zero attached hydrogens (tertiary/aromatic N) is 2. The van der Waals surface area contributed by atoms with Gasteiger partial charge in [-0.3, -0.25) is 14.7 Å². The van der Waals surface area contributed by atoms with E-state index in [9.17, 15) is 4.79 Å². The first-order chi connectivity index (χ1) is 10.8. The molecule has 1 fully saturated rings. The number of ether oxygens (including phenoxy) is 1. The molecule has 2 atom stereocenters. The SMILES string of the molecule is C#Cc1cncc(C(=O)NCC(C)(C)N2C[C@@H](C)O[C@H](C)C2)c1. The molecule has 1 N–H and O–H groups in total. The minimum absolute atomic E-state index is 0.154. The minimum atomic E-state index is -0.156. The average molecular weight is 315 g/mol. The lowest BCUT2D eigenvalue weighted by atomic mass is 10.00. The Kier molecular flexibility index (Phi) is 5.40. The van der Waals surface area contributed by atoms with Gasteiger partial charge in [-0.1, -0.05) is 5.92 Å². The van der Waals surface area contributed by atoms with E-state index in [2.05, 4.69) is 48.8 Å². The fourth-order valence-corrected chi connectivity index (χ4v) is 2.83. The summed E-state index contributed by atoms with van der Waals surface area (Å²) in [6.07, 6.45) is 8.84. The van der Waals surface area contributed by atoms with Crippen LogP contribution < -0.4 is 5.32 Å². The maximum absolute atomic E-state index is 12.3. The highest BCUT2D eigenvalue weighted by atomic mass is 16.5. The molecule has 1 saturated heterocycles. The molecule has 1 aliphatic heterocycles. The van der Waals surface area contributed by atoms with Crippen LogP contribution in [0.5, 0.6) is 0 Å². The number of morpholine rings is 1. The van der Waals surface area contributed by atoms with E-state index in [-0.39, 0.29) is 23.7 Å². The zero-order chi connectivity index (χ0) is 17.0. The first kappa shape index (κ1) is 17.5. The van der Waals surface area contributed by atoms with Crippen molar-refractivity contribution in [3.8, 4) is 12.3 Å². The number of rotatable bonds is 4. The van der Waals surface area contributed by atoms with Crippen LogP contribution in [0.1, 0.15) is 43.6 Å². The van der Waals surface area contributed by atoms with Gasteiger partial charge in [0.1, 0.15) is 0 Å². The molecule has 0 spiro atoms. The molecule has 2 heterocycles. The van der Waals surface area contributed by atoms with Gasteiger partial charge in [0.25, 0.3) is 5.91 Å². The summed E-state index contributed by atoms with van der Waals surface area (Å²) in [6, 6.07) is 1.67. The molecule has 5 nitrogen and oxygen atoms in total. The summed E-state index contributed by atoms with van der Waals surface area (Å²) in [4.78, 5) is 18.7. The van der Waals surface area contributed by atoms with E-state index in [1.165, 1.54) is 6.20 Å². The van der Waals surface area contributed by atoms with Crippen LogP contribution >= 0.6 is 0 Å². The van der Waals surface area contributed by atoms with Crippen molar-refractivity contribution < 1.29 is 9.53 Å². The van der Waals surface area contributed by atoms with Gasteiger partial charge in [-0.25, -0.2) is 0 Å². The summed E-state index contributed by atoms with van der Waals surface area (Å²) in [7, 11) is 0. The van der Waals surface area contributed by atoms with Crippen molar-refractivity contribution in [1.82, 2.24) is 15.2 Å². The van der Waals surface area contributed by atoms with Gasteiger partial charge >= 0.3 is 0 Å². The van der Waals surface area contributed by atoms with Gasteiger partial charge in [-0.2, -0.15) is 0 Å². The summed E-state index contributed by atoms with van der Waals surface area (Å²) < 4.78 is 5.78. The van der Waals surface area contributed by atoms with Crippen molar-refractivity contribution in [2.45, 2.75) is 45.4 Å². The molecule has 1 amide bonds. The Morgan fingerprint density at radius 2 is 2.09 bits per heavy atom. The number of hydrogen-bond acceptors (Lipinski definition) is 4. The molecule has 1 aromatic heterocycles. The van der Waals surface area contributed by atoms with Crippen molar-refractivity contribution in [3.05, 3.63) is 29.6 Å². The lowest BCUT2D eigenvalue weighted by molar-refractivity contribution is -0.0948. The zero-order valence-corrected chi connectivity index (χ0v) is 14.3. The number of pyridine rings is 1. The summed E-state index contributed by atoms with van der Waals surface area (Å²) in [5, 5.41) is 2.99. The Bertz CT molecular complexity index is 597. The fourth-order valence-electron chi connectivity index (χ4n) is 2.83. The lowest BCUT2D eigenvalue weighted by Gasteiger charge is -2.45. The molecule has 0 saturated carbocycles. The minimum Gasteiger partial charge on any atom is -0.373 e. The van der Waals surface area contributed by atoms with Crippen molar-refractivity contribution in [3.63, 3.8) is 0 Å². The third-order valence-electron chi connectivity index (χ3n) is 4.12. The van der Waals surface area contributed by atoms with Crippen molar-refractivity contribution in [2.75, 3.05) is 19.6 Å². The number of aromatic nitrogens is 1. The van der Waals surface area contributed by atoms with E-state index in [0.29, 0.717) is 17.7 Å². The fraction of sp³-hybridized carbons (Fsp3) is 0.556. The molecule has 1 aliphatic rings. The van der Waals surface area contributed by atoms with Crippen molar-refractivity contribution in [1.29, 1.82) is 0 Å². The smallest absolute Gasteiger partial charge is 0.252 e. The maximum Gasteiger partial charge on any atom is 0.252 e. The second-order valence-electron chi connectivity index (χ2n) is 6.76. The highest BCUT2D eigenvalue weighted by Gasteiger charge is 2.33. The lowest BCUT2D eigenvalue weighted by Crippen LogP contribution is -2.58. The molecular formula is C18H25N3O2. The van der Waals surface area contributed by atoms with E-state index < -0.39 is 0 Å². The molecule has 5 heteroatoms. The van der Waals surface area contributed by atoms with E-state index >= 15 is 0 Å². The third kappa shape index (κ3) is 4.54. The van der Waals surface area contributed by atoms with Gasteiger partial charge in [0.05, 0.1) is 17.8 Å². The molecule has 0 aromatic carbocycles. The van der Waals surface area contributed by atoms with Crippen LogP contribution in [0.2, 0.25) is 0 Å². The van der Waals surface area contributed by atoms with Crippen LogP contribution in [0, 0.1) is 12.3 Å². The summed E-state index contributed by atoms with van der Waals surface area (Å²) in [5.41, 5.74) is 0.937. The van der Waals surface area contributed by atoms with Gasteiger partial charge in [-0.15, -0.1) is 6.42 Å². The average Bonchev–Trinajstić information content (AvgIpc) is 2.52. The van der Waals surface area contributed by atoms with Crippen LogP contribution in [-0.4, -0.2) is 53.2 Å². The van der Waals surface area contributed by atoms with E-state index in [1.54, 1.807) is 12.3 Å². The second kappa shape index (κ2) is 7.12. The van der Waals surface area contributed by atoms with Gasteiger partial charge in [0.2, 0.25) is 0 Å². The normalized spacial score (nSPS) is 22.4. The Labute approximate surface area is 138 Å². The summed E-state index contributed by atoms with van der Waals surface area (Å²) in [5.74, 6) is 2.34. The number of hydrogen-bond donors (Lipinski definition) is 1. The van der Waals surface area contributed by atoms with Crippen molar-refractivity contribution >= 4 is 5.91 Å². The largest absolute Gasteiger partial charge is 0.373 e. The molecule has 2 rings (SSSR count). The molecule has 0 radical (unpaired) electrons. The Hall–Kier alpha value is -1.90. The number of amides is 1. The first-order valence-corrected chi connectivity index (χ1v) is 7.92. The number of nitrogens with one attached hydrogen (secondary N) is 1. The maximum atomic E-state index is 12.3. The standard InChI is InChI=1S/C18H25N3O2/c1-6-15-7-16(9-19-8-15)17(22)20-12-18(4,5)21-10-13(2)23-14(3)11-21/h1,7-9,13-14H,10-12H2,2-5H3,(H,20,22)/t13-,14-/m1/s1. The van der Waals surface area contributed by atoms with E-state index in [0.717, 1.165) is 13.1 Å². The van der Waals surface area contributed by atoms with Crippen LogP contribution in [-0.2, 0) is 4.74 Å². The van der Waals surface area contributed by atoms with Crippen molar-refractivity contribution in [2.24, 2.45) is 0 Å². The number of carbonyl (C=O) groups is 1. The molecular weight excluding hydrogens is 290 g/mol. The van der Waals surface area contributed by atoms with Crippen LogP contribution in [0.25, 0.3) is 0 Å². The molecule has 124 valence electrons. The second-order valence-corrected chi connectivity index (χ2v) is 6.76. The van der Waals surface area contributed by atoms with Gasteiger partial charge < -0.3 is 10.1 Å².